The zero-order chi connectivity index (χ0) is 21.8. The number of methoxy groups -OCH3 is 1. The maximum absolute atomic E-state index is 12.3. The number of nitrogens with one attached hydrogen (secondary N) is 3. The number of carbonyl (C=O) groups excluding carboxylic acids is 3. The van der Waals surface area contributed by atoms with E-state index in [1.165, 1.54) is 14.0 Å². The van der Waals surface area contributed by atoms with Gasteiger partial charge in [0.05, 0.1) is 13.2 Å². The molecule has 2 aromatic rings. The van der Waals surface area contributed by atoms with E-state index in [0.29, 0.717) is 5.69 Å². The summed E-state index contributed by atoms with van der Waals surface area (Å²) >= 11 is 0. The van der Waals surface area contributed by atoms with Crippen molar-refractivity contribution in [3.8, 4) is 0 Å². The number of H-pyrrole nitrogens is 1. The molecule has 9 nitrogen and oxygen atoms in total. The SMILES string of the molecule is COC(=O)C(Cc1c(C=C2C(=O)NN=C2OC(C)C)[nH]c2ccccc12)NC(C)=O. The molecule has 0 radical (unpaired) electrons. The summed E-state index contributed by atoms with van der Waals surface area (Å²) in [6, 6.07) is 6.67. The Hall–Kier alpha value is -3.62. The van der Waals surface area contributed by atoms with Gasteiger partial charge in [-0.05, 0) is 31.6 Å². The lowest BCUT2D eigenvalue weighted by atomic mass is 10.0. The second-order valence-electron chi connectivity index (χ2n) is 7.13. The van der Waals surface area contributed by atoms with Crippen LogP contribution in [0, 0.1) is 0 Å². The number of esters is 1. The van der Waals surface area contributed by atoms with Gasteiger partial charge < -0.3 is 19.8 Å². The van der Waals surface area contributed by atoms with Crippen LogP contribution in [0.3, 0.4) is 0 Å². The molecule has 1 atom stereocenters. The van der Waals surface area contributed by atoms with Crippen LogP contribution in [0.2, 0.25) is 0 Å². The number of fused-ring (bicyclic) bond motifs is 1. The first kappa shape index (κ1) is 21.1. The van der Waals surface area contributed by atoms with E-state index in [0.717, 1.165) is 16.5 Å². The number of aromatic nitrogens is 1. The molecule has 1 aliphatic heterocycles. The van der Waals surface area contributed by atoms with Gasteiger partial charge in [-0.25, -0.2) is 10.2 Å². The molecular weight excluding hydrogens is 388 g/mol. The number of carbonyl (C=O) groups is 3. The number of hydrogen-bond acceptors (Lipinski definition) is 6. The fourth-order valence-electron chi connectivity index (χ4n) is 3.25. The van der Waals surface area contributed by atoms with Crippen LogP contribution in [-0.4, -0.2) is 47.9 Å². The summed E-state index contributed by atoms with van der Waals surface area (Å²) in [4.78, 5) is 39.4. The Bertz CT molecular complexity index is 1050. The molecule has 2 heterocycles. The molecular formula is C21H24N4O5. The Morgan fingerprint density at radius 2 is 2.00 bits per heavy atom. The topological polar surface area (TPSA) is 122 Å². The number of benzene rings is 1. The van der Waals surface area contributed by atoms with Crippen molar-refractivity contribution in [1.29, 1.82) is 0 Å². The lowest BCUT2D eigenvalue weighted by Gasteiger charge is -2.16. The molecule has 158 valence electrons. The van der Waals surface area contributed by atoms with Crippen molar-refractivity contribution in [1.82, 2.24) is 15.7 Å². The van der Waals surface area contributed by atoms with Crippen LogP contribution in [0.25, 0.3) is 17.0 Å². The van der Waals surface area contributed by atoms with Gasteiger partial charge in [0.2, 0.25) is 11.8 Å². The second-order valence-corrected chi connectivity index (χ2v) is 7.13. The predicted octanol–water partition coefficient (Wildman–Crippen LogP) is 1.64. The summed E-state index contributed by atoms with van der Waals surface area (Å²) < 4.78 is 10.5. The van der Waals surface area contributed by atoms with Crippen molar-refractivity contribution in [3.63, 3.8) is 0 Å². The minimum Gasteiger partial charge on any atom is -0.473 e. The van der Waals surface area contributed by atoms with Gasteiger partial charge in [-0.2, -0.15) is 0 Å². The Kier molecular flexibility index (Phi) is 6.20. The number of amides is 2. The molecule has 0 saturated heterocycles. The third kappa shape index (κ3) is 4.51. The Balaban J connectivity index is 2.07. The molecule has 0 aliphatic carbocycles. The summed E-state index contributed by atoms with van der Waals surface area (Å²) in [6.45, 7) is 5.01. The molecule has 0 spiro atoms. The average Bonchev–Trinajstić information content (AvgIpc) is 3.21. The fraction of sp³-hybridized carbons (Fsp3) is 0.333. The van der Waals surface area contributed by atoms with Crippen molar-refractivity contribution in [3.05, 3.63) is 41.1 Å². The Labute approximate surface area is 173 Å². The van der Waals surface area contributed by atoms with Gasteiger partial charge in [0.1, 0.15) is 11.6 Å². The summed E-state index contributed by atoms with van der Waals surface area (Å²) in [7, 11) is 1.27. The molecule has 0 saturated carbocycles. The number of para-hydroxylation sites is 1. The summed E-state index contributed by atoms with van der Waals surface area (Å²) in [5.41, 5.74) is 4.87. The van der Waals surface area contributed by atoms with Gasteiger partial charge in [-0.3, -0.25) is 9.59 Å². The highest BCUT2D eigenvalue weighted by atomic mass is 16.5. The van der Waals surface area contributed by atoms with Gasteiger partial charge >= 0.3 is 5.97 Å². The molecule has 3 rings (SSSR count). The molecule has 2 amide bonds. The van der Waals surface area contributed by atoms with E-state index in [4.69, 9.17) is 9.47 Å². The number of ether oxygens (including phenoxy) is 2. The summed E-state index contributed by atoms with van der Waals surface area (Å²) in [5.74, 6) is -1.09. The number of aromatic amines is 1. The fourth-order valence-corrected chi connectivity index (χ4v) is 3.25. The smallest absolute Gasteiger partial charge is 0.328 e. The first-order chi connectivity index (χ1) is 14.3. The highest BCUT2D eigenvalue weighted by Crippen LogP contribution is 2.27. The van der Waals surface area contributed by atoms with E-state index in [2.05, 4.69) is 20.8 Å². The summed E-state index contributed by atoms with van der Waals surface area (Å²) in [6.07, 6.45) is 1.65. The molecule has 1 unspecified atom stereocenters. The first-order valence-electron chi connectivity index (χ1n) is 9.51. The molecule has 1 aromatic heterocycles. The van der Waals surface area contributed by atoms with Crippen molar-refractivity contribution in [2.24, 2.45) is 5.10 Å². The zero-order valence-corrected chi connectivity index (χ0v) is 17.2. The van der Waals surface area contributed by atoms with Gasteiger partial charge in [0.15, 0.2) is 0 Å². The highest BCUT2D eigenvalue weighted by Gasteiger charge is 2.28. The van der Waals surface area contributed by atoms with Crippen molar-refractivity contribution in [2.45, 2.75) is 39.3 Å². The van der Waals surface area contributed by atoms with E-state index in [9.17, 15) is 14.4 Å². The monoisotopic (exact) mass is 412 g/mol. The molecule has 1 aliphatic rings. The molecule has 0 fully saturated rings. The second kappa shape index (κ2) is 8.81. The molecule has 30 heavy (non-hydrogen) atoms. The van der Waals surface area contributed by atoms with Crippen LogP contribution in [0.1, 0.15) is 32.0 Å². The van der Waals surface area contributed by atoms with Crippen LogP contribution < -0.4 is 10.7 Å². The van der Waals surface area contributed by atoms with Crippen LogP contribution in [0.5, 0.6) is 0 Å². The van der Waals surface area contributed by atoms with E-state index in [-0.39, 0.29) is 35.8 Å². The standard InChI is InChI=1S/C21H24N4O5/c1-11(2)30-20-15(19(27)24-25-20)10-17-14(13-7-5-6-8-16(13)23-17)9-18(21(28)29-4)22-12(3)26/h5-8,10-11,18,23H,9H2,1-4H3,(H,22,26)(H,24,27). The quantitative estimate of drug-likeness (QED) is 0.492. The molecule has 1 aromatic carbocycles. The van der Waals surface area contributed by atoms with Gasteiger partial charge in [-0.15, -0.1) is 5.10 Å². The lowest BCUT2D eigenvalue weighted by molar-refractivity contribution is -0.144. The van der Waals surface area contributed by atoms with E-state index in [1.807, 2.05) is 38.1 Å². The largest absolute Gasteiger partial charge is 0.473 e. The molecule has 3 N–H and O–H groups in total. The van der Waals surface area contributed by atoms with Crippen LogP contribution in [-0.2, 0) is 30.3 Å². The molecule has 0 bridgehead atoms. The van der Waals surface area contributed by atoms with Crippen molar-refractivity contribution in [2.75, 3.05) is 7.11 Å². The number of hydrogen-bond donors (Lipinski definition) is 3. The van der Waals surface area contributed by atoms with Gasteiger partial charge in [0.25, 0.3) is 5.91 Å². The van der Waals surface area contributed by atoms with Gasteiger partial charge in [0, 0.05) is 29.9 Å². The zero-order valence-electron chi connectivity index (χ0n) is 17.2. The third-order valence-electron chi connectivity index (χ3n) is 4.49. The number of hydrazone groups is 1. The maximum atomic E-state index is 12.3. The first-order valence-corrected chi connectivity index (χ1v) is 9.51. The van der Waals surface area contributed by atoms with Crippen LogP contribution >= 0.6 is 0 Å². The van der Waals surface area contributed by atoms with E-state index < -0.39 is 12.0 Å². The Morgan fingerprint density at radius 3 is 2.67 bits per heavy atom. The van der Waals surface area contributed by atoms with Gasteiger partial charge in [-0.1, -0.05) is 18.2 Å². The predicted molar refractivity (Wildman–Crippen MR) is 111 cm³/mol. The van der Waals surface area contributed by atoms with Crippen molar-refractivity contribution < 1.29 is 23.9 Å². The number of rotatable bonds is 6. The minimum atomic E-state index is -0.874. The minimum absolute atomic E-state index is 0.162. The van der Waals surface area contributed by atoms with E-state index in [1.54, 1.807) is 6.08 Å². The Morgan fingerprint density at radius 1 is 1.27 bits per heavy atom. The molecule has 9 heteroatoms. The average molecular weight is 412 g/mol. The summed E-state index contributed by atoms with van der Waals surface area (Å²) in [5, 5.41) is 7.43. The lowest BCUT2D eigenvalue weighted by Crippen LogP contribution is -2.42. The maximum Gasteiger partial charge on any atom is 0.328 e. The van der Waals surface area contributed by atoms with Crippen molar-refractivity contribution >= 4 is 40.7 Å². The third-order valence-corrected chi connectivity index (χ3v) is 4.49. The van der Waals surface area contributed by atoms with Crippen LogP contribution in [0.15, 0.2) is 34.9 Å². The van der Waals surface area contributed by atoms with Crippen LogP contribution in [0.4, 0.5) is 0 Å². The highest BCUT2D eigenvalue weighted by molar-refractivity contribution is 6.24. The van der Waals surface area contributed by atoms with E-state index >= 15 is 0 Å². The number of nitrogens with zero attached hydrogens (tertiary/aromatic N) is 1. The normalized spacial score (nSPS) is 15.8.